The van der Waals surface area contributed by atoms with Gasteiger partial charge < -0.3 is 15.3 Å². The third-order valence-electron chi connectivity index (χ3n) is 1.67. The summed E-state index contributed by atoms with van der Waals surface area (Å²) in [6.07, 6.45) is 1.49. The molecule has 0 aliphatic rings. The topological polar surface area (TPSA) is 70.9 Å². The van der Waals surface area contributed by atoms with Crippen molar-refractivity contribution in [1.29, 1.82) is 0 Å². The molecule has 94 valence electrons. The molecule has 0 aromatic carbocycles. The normalized spacial score (nSPS) is 14.1. The molecule has 1 atom stereocenters. The highest BCUT2D eigenvalue weighted by Gasteiger charge is 2.19. The Morgan fingerprint density at radius 2 is 2.06 bits per heavy atom. The molecule has 0 aromatic rings. The van der Waals surface area contributed by atoms with E-state index >= 15 is 0 Å². The first-order valence-corrected chi connectivity index (χ1v) is 5.41. The third kappa shape index (κ3) is 8.08. The zero-order chi connectivity index (χ0) is 12.8. The molecule has 0 rings (SSSR count). The van der Waals surface area contributed by atoms with Crippen LogP contribution in [-0.4, -0.2) is 29.2 Å². The number of alkyl carbamates (subject to hydrolysis) is 1. The van der Waals surface area contributed by atoms with Gasteiger partial charge in [-0.05, 0) is 33.1 Å². The van der Waals surface area contributed by atoms with Crippen molar-refractivity contribution in [3.8, 4) is 0 Å². The lowest BCUT2D eigenvalue weighted by molar-refractivity contribution is 0.0515. The molecule has 0 fully saturated rings. The highest BCUT2D eigenvalue weighted by Crippen LogP contribution is 2.08. The van der Waals surface area contributed by atoms with Crippen molar-refractivity contribution in [2.45, 2.75) is 52.7 Å². The molecule has 0 aliphatic carbocycles. The van der Waals surface area contributed by atoms with Crippen molar-refractivity contribution in [3.05, 3.63) is 0 Å². The number of hydrogen-bond acceptors (Lipinski definition) is 4. The van der Waals surface area contributed by atoms with Crippen LogP contribution in [0.25, 0.3) is 0 Å². The van der Waals surface area contributed by atoms with E-state index < -0.39 is 11.7 Å². The number of nitrogens with zero attached hydrogens (tertiary/aromatic N) is 1. The zero-order valence-corrected chi connectivity index (χ0v) is 10.7. The molecule has 1 unspecified atom stereocenters. The zero-order valence-electron chi connectivity index (χ0n) is 10.7. The Kier molecular flexibility index (Phi) is 5.85. The van der Waals surface area contributed by atoms with E-state index in [1.165, 1.54) is 6.21 Å². The molecule has 0 aromatic heterocycles. The summed E-state index contributed by atoms with van der Waals surface area (Å²) in [6, 6.07) is -0.306. The van der Waals surface area contributed by atoms with Gasteiger partial charge >= 0.3 is 6.09 Å². The van der Waals surface area contributed by atoms with Crippen molar-refractivity contribution in [3.63, 3.8) is 0 Å². The second-order valence-electron chi connectivity index (χ2n) is 5.15. The predicted octanol–water partition coefficient (Wildman–Crippen LogP) is 2.39. The first kappa shape index (κ1) is 14.7. The second-order valence-corrected chi connectivity index (χ2v) is 5.15. The maximum atomic E-state index is 11.4. The standard InChI is InChI=1S/C11H22N2O3/c1-8(2)6-9(7-12-15)13-10(14)16-11(3,4)5/h7-9,15H,6H2,1-5H3,(H,13,14)/b12-7-. The van der Waals surface area contributed by atoms with E-state index in [1.54, 1.807) is 20.8 Å². The number of oxime groups is 1. The van der Waals surface area contributed by atoms with Gasteiger partial charge in [0.1, 0.15) is 5.60 Å². The van der Waals surface area contributed by atoms with E-state index in [9.17, 15) is 4.79 Å². The van der Waals surface area contributed by atoms with Crippen molar-refractivity contribution >= 4 is 12.3 Å². The molecular weight excluding hydrogens is 208 g/mol. The van der Waals surface area contributed by atoms with Gasteiger partial charge in [-0.3, -0.25) is 0 Å². The summed E-state index contributed by atoms with van der Waals surface area (Å²) in [4.78, 5) is 11.4. The fourth-order valence-electron chi connectivity index (χ4n) is 1.20. The molecule has 0 spiro atoms. The number of carbonyl (C=O) groups is 1. The van der Waals surface area contributed by atoms with Crippen molar-refractivity contribution in [2.24, 2.45) is 11.1 Å². The SMILES string of the molecule is CC(C)CC(/C=N\O)NC(=O)OC(C)(C)C. The van der Waals surface area contributed by atoms with Gasteiger partial charge in [-0.25, -0.2) is 4.79 Å². The van der Waals surface area contributed by atoms with Crippen molar-refractivity contribution < 1.29 is 14.7 Å². The molecule has 2 N–H and O–H groups in total. The Labute approximate surface area is 96.9 Å². The van der Waals surface area contributed by atoms with E-state index in [0.717, 1.165) is 0 Å². The number of rotatable bonds is 4. The third-order valence-corrected chi connectivity index (χ3v) is 1.67. The van der Waals surface area contributed by atoms with Crippen LogP contribution >= 0.6 is 0 Å². The maximum Gasteiger partial charge on any atom is 0.408 e. The van der Waals surface area contributed by atoms with E-state index in [-0.39, 0.29) is 6.04 Å². The molecule has 16 heavy (non-hydrogen) atoms. The van der Waals surface area contributed by atoms with E-state index in [2.05, 4.69) is 10.5 Å². The molecule has 1 amide bonds. The van der Waals surface area contributed by atoms with Gasteiger partial charge in [0.15, 0.2) is 0 Å². The molecule has 0 aliphatic heterocycles. The first-order valence-electron chi connectivity index (χ1n) is 5.41. The maximum absolute atomic E-state index is 11.4. The summed E-state index contributed by atoms with van der Waals surface area (Å²) in [5, 5.41) is 14.1. The van der Waals surface area contributed by atoms with E-state index in [0.29, 0.717) is 12.3 Å². The minimum Gasteiger partial charge on any atom is -0.444 e. The minimum absolute atomic E-state index is 0.306. The van der Waals surface area contributed by atoms with Gasteiger partial charge in [-0.2, -0.15) is 0 Å². The molecule has 0 radical (unpaired) electrons. The molecule has 5 heteroatoms. The number of amides is 1. The van der Waals surface area contributed by atoms with Crippen LogP contribution in [-0.2, 0) is 4.74 Å². The average molecular weight is 230 g/mol. The Hall–Kier alpha value is -1.26. The summed E-state index contributed by atoms with van der Waals surface area (Å²) in [7, 11) is 0. The number of ether oxygens (including phenoxy) is 1. The minimum atomic E-state index is -0.525. The number of hydrogen-bond donors (Lipinski definition) is 2. The van der Waals surface area contributed by atoms with Crippen LogP contribution in [0.4, 0.5) is 4.79 Å². The summed E-state index contributed by atoms with van der Waals surface area (Å²) < 4.78 is 5.10. The Bertz CT molecular complexity index is 244. The Balaban J connectivity index is 4.24. The molecule has 0 saturated carbocycles. The molecule has 5 nitrogen and oxygen atoms in total. The van der Waals surface area contributed by atoms with Crippen molar-refractivity contribution in [2.75, 3.05) is 0 Å². The Morgan fingerprint density at radius 3 is 2.44 bits per heavy atom. The quantitative estimate of drug-likeness (QED) is 0.442. The van der Waals surface area contributed by atoms with E-state index in [1.807, 2.05) is 13.8 Å². The molecule has 0 saturated heterocycles. The highest BCUT2D eigenvalue weighted by atomic mass is 16.6. The van der Waals surface area contributed by atoms with Gasteiger partial charge in [0, 0.05) is 0 Å². The van der Waals surface area contributed by atoms with E-state index in [4.69, 9.17) is 9.94 Å². The lowest BCUT2D eigenvalue weighted by atomic mass is 10.1. The monoisotopic (exact) mass is 230 g/mol. The highest BCUT2D eigenvalue weighted by molar-refractivity contribution is 5.75. The van der Waals surface area contributed by atoms with Crippen LogP contribution in [0.5, 0.6) is 0 Å². The van der Waals surface area contributed by atoms with Crippen LogP contribution in [0.2, 0.25) is 0 Å². The van der Waals surface area contributed by atoms with Gasteiger partial charge in [0.05, 0.1) is 12.3 Å². The fraction of sp³-hybridized carbons (Fsp3) is 0.818. The first-order chi connectivity index (χ1) is 7.24. The molecule has 0 heterocycles. The largest absolute Gasteiger partial charge is 0.444 e. The van der Waals surface area contributed by atoms with Crippen LogP contribution in [0, 0.1) is 5.92 Å². The van der Waals surface area contributed by atoms with Gasteiger partial charge in [-0.1, -0.05) is 19.0 Å². The smallest absolute Gasteiger partial charge is 0.408 e. The number of nitrogens with one attached hydrogen (secondary N) is 1. The molecular formula is C11H22N2O3. The summed E-state index contributed by atoms with van der Waals surface area (Å²) >= 11 is 0. The van der Waals surface area contributed by atoms with Gasteiger partial charge in [0.2, 0.25) is 0 Å². The van der Waals surface area contributed by atoms with Crippen molar-refractivity contribution in [1.82, 2.24) is 5.32 Å². The lowest BCUT2D eigenvalue weighted by Gasteiger charge is -2.22. The van der Waals surface area contributed by atoms with Crippen LogP contribution in [0.3, 0.4) is 0 Å². The lowest BCUT2D eigenvalue weighted by Crippen LogP contribution is -2.40. The summed E-state index contributed by atoms with van der Waals surface area (Å²) in [5.74, 6) is 0.387. The average Bonchev–Trinajstić information content (AvgIpc) is 1.98. The molecule has 0 bridgehead atoms. The van der Waals surface area contributed by atoms with Crippen LogP contribution in [0.1, 0.15) is 41.0 Å². The fourth-order valence-corrected chi connectivity index (χ4v) is 1.20. The van der Waals surface area contributed by atoms with Gasteiger partial charge in [0.25, 0.3) is 0 Å². The van der Waals surface area contributed by atoms with Crippen LogP contribution < -0.4 is 5.32 Å². The predicted molar refractivity (Wildman–Crippen MR) is 62.9 cm³/mol. The van der Waals surface area contributed by atoms with Crippen LogP contribution in [0.15, 0.2) is 5.16 Å². The second kappa shape index (κ2) is 6.35. The van der Waals surface area contributed by atoms with Gasteiger partial charge in [-0.15, -0.1) is 0 Å². The summed E-state index contributed by atoms with van der Waals surface area (Å²) in [6.45, 7) is 9.43. The Morgan fingerprint density at radius 1 is 1.50 bits per heavy atom. The number of carbonyl (C=O) groups excluding carboxylic acids is 1. The summed E-state index contributed by atoms with van der Waals surface area (Å²) in [5.41, 5.74) is -0.525.